The summed E-state index contributed by atoms with van der Waals surface area (Å²) < 4.78 is 0.763. The van der Waals surface area contributed by atoms with Gasteiger partial charge in [-0.15, -0.1) is 0 Å². The molecule has 1 saturated heterocycles. The van der Waals surface area contributed by atoms with E-state index in [0.717, 1.165) is 30.7 Å². The van der Waals surface area contributed by atoms with Gasteiger partial charge < -0.3 is 9.80 Å². The number of nitrogens with zero attached hydrogens (tertiary/aromatic N) is 2. The van der Waals surface area contributed by atoms with Gasteiger partial charge in [0.15, 0.2) is 0 Å². The normalized spacial score (nSPS) is 17.2. The molecule has 0 N–H and O–H groups in total. The molecule has 0 bridgehead atoms. The molecular formula is C12H14BrClN2O. The molecule has 1 aliphatic rings. The molecule has 0 spiro atoms. The monoisotopic (exact) mass is 316 g/mol. The molecule has 0 atom stereocenters. The fourth-order valence-corrected chi connectivity index (χ4v) is 2.32. The first-order valence-corrected chi connectivity index (χ1v) is 6.68. The van der Waals surface area contributed by atoms with Crippen LogP contribution in [0.4, 0.5) is 0 Å². The maximum atomic E-state index is 12.2. The van der Waals surface area contributed by atoms with Crippen molar-refractivity contribution in [3.63, 3.8) is 0 Å². The van der Waals surface area contributed by atoms with E-state index in [9.17, 15) is 4.79 Å². The maximum Gasteiger partial charge on any atom is 0.253 e. The highest BCUT2D eigenvalue weighted by Crippen LogP contribution is 2.24. The van der Waals surface area contributed by atoms with E-state index >= 15 is 0 Å². The third-order valence-corrected chi connectivity index (χ3v) is 4.17. The van der Waals surface area contributed by atoms with Crippen LogP contribution in [-0.2, 0) is 0 Å². The van der Waals surface area contributed by atoms with E-state index in [-0.39, 0.29) is 5.91 Å². The van der Waals surface area contributed by atoms with Gasteiger partial charge in [-0.1, -0.05) is 11.6 Å². The van der Waals surface area contributed by atoms with Gasteiger partial charge in [-0.05, 0) is 41.2 Å². The zero-order valence-electron chi connectivity index (χ0n) is 9.62. The van der Waals surface area contributed by atoms with Crippen molar-refractivity contribution in [1.29, 1.82) is 0 Å². The lowest BCUT2D eigenvalue weighted by molar-refractivity contribution is 0.0664. The van der Waals surface area contributed by atoms with Gasteiger partial charge in [-0.2, -0.15) is 0 Å². The van der Waals surface area contributed by atoms with E-state index in [1.807, 2.05) is 4.90 Å². The largest absolute Gasteiger partial charge is 0.336 e. The summed E-state index contributed by atoms with van der Waals surface area (Å²) in [6.07, 6.45) is 0. The zero-order valence-corrected chi connectivity index (χ0v) is 12.0. The second-order valence-corrected chi connectivity index (χ2v) is 5.49. The van der Waals surface area contributed by atoms with Crippen molar-refractivity contribution >= 4 is 33.4 Å². The Kier molecular flexibility index (Phi) is 4.07. The molecule has 0 aliphatic carbocycles. The predicted octanol–water partition coefficient (Wildman–Crippen LogP) is 2.49. The van der Waals surface area contributed by atoms with Crippen LogP contribution < -0.4 is 0 Å². The predicted molar refractivity (Wildman–Crippen MR) is 72.6 cm³/mol. The summed E-state index contributed by atoms with van der Waals surface area (Å²) in [6.45, 7) is 3.44. The topological polar surface area (TPSA) is 23.6 Å². The summed E-state index contributed by atoms with van der Waals surface area (Å²) in [7, 11) is 2.07. The Bertz CT molecular complexity index is 431. The van der Waals surface area contributed by atoms with Crippen LogP contribution in [0.2, 0.25) is 5.02 Å². The Hall–Kier alpha value is -0.580. The molecule has 1 aromatic carbocycles. The molecule has 2 rings (SSSR count). The van der Waals surface area contributed by atoms with Gasteiger partial charge in [0.2, 0.25) is 0 Å². The number of hydrogen-bond donors (Lipinski definition) is 0. The van der Waals surface area contributed by atoms with Crippen molar-refractivity contribution in [3.8, 4) is 0 Å². The van der Waals surface area contributed by atoms with Gasteiger partial charge in [0.05, 0.1) is 5.02 Å². The van der Waals surface area contributed by atoms with Crippen LogP contribution >= 0.6 is 27.5 Å². The molecule has 1 aliphatic heterocycles. The third kappa shape index (κ3) is 3.00. The van der Waals surface area contributed by atoms with Gasteiger partial charge >= 0.3 is 0 Å². The summed E-state index contributed by atoms with van der Waals surface area (Å²) in [5, 5.41) is 0.625. The molecule has 3 nitrogen and oxygen atoms in total. The number of rotatable bonds is 1. The molecule has 1 aromatic rings. The lowest BCUT2D eigenvalue weighted by Crippen LogP contribution is -2.47. The van der Waals surface area contributed by atoms with Crippen LogP contribution in [0.3, 0.4) is 0 Å². The van der Waals surface area contributed by atoms with Gasteiger partial charge in [0, 0.05) is 36.2 Å². The summed E-state index contributed by atoms with van der Waals surface area (Å²) in [5.41, 5.74) is 0.686. The second kappa shape index (κ2) is 5.38. The zero-order chi connectivity index (χ0) is 12.4. The van der Waals surface area contributed by atoms with Crippen molar-refractivity contribution in [2.75, 3.05) is 33.2 Å². The number of piperazine rings is 1. The Morgan fingerprint density at radius 2 is 1.94 bits per heavy atom. The molecule has 5 heteroatoms. The van der Waals surface area contributed by atoms with Crippen LogP contribution in [0, 0.1) is 0 Å². The molecule has 1 fully saturated rings. The van der Waals surface area contributed by atoms with Crippen LogP contribution in [-0.4, -0.2) is 48.9 Å². The molecular weight excluding hydrogens is 304 g/mol. The average Bonchev–Trinajstić information content (AvgIpc) is 2.33. The smallest absolute Gasteiger partial charge is 0.253 e. The van der Waals surface area contributed by atoms with Gasteiger partial charge in [-0.25, -0.2) is 0 Å². The minimum Gasteiger partial charge on any atom is -0.336 e. The minimum absolute atomic E-state index is 0.0791. The number of likely N-dealkylation sites (N-methyl/N-ethyl adjacent to an activating group) is 1. The number of amides is 1. The number of hydrogen-bond acceptors (Lipinski definition) is 2. The van der Waals surface area contributed by atoms with E-state index in [1.165, 1.54) is 0 Å². The van der Waals surface area contributed by atoms with Crippen molar-refractivity contribution in [2.45, 2.75) is 0 Å². The van der Waals surface area contributed by atoms with Crippen molar-refractivity contribution < 1.29 is 4.79 Å². The lowest BCUT2D eigenvalue weighted by atomic mass is 10.2. The van der Waals surface area contributed by atoms with Gasteiger partial charge in [0.25, 0.3) is 5.91 Å². The molecule has 92 valence electrons. The van der Waals surface area contributed by atoms with Crippen molar-refractivity contribution in [2.24, 2.45) is 0 Å². The Morgan fingerprint density at radius 3 is 2.53 bits per heavy atom. The molecule has 0 saturated carbocycles. The third-order valence-electron chi connectivity index (χ3n) is 2.96. The summed E-state index contributed by atoms with van der Waals surface area (Å²) >= 11 is 9.25. The molecule has 1 amide bonds. The van der Waals surface area contributed by atoms with E-state index in [1.54, 1.807) is 18.2 Å². The molecule has 1 heterocycles. The van der Waals surface area contributed by atoms with Crippen LogP contribution in [0.1, 0.15) is 10.4 Å². The summed E-state index contributed by atoms with van der Waals surface area (Å²) in [6, 6.07) is 5.30. The number of carbonyl (C=O) groups excluding carboxylic acids is 1. The Balaban J connectivity index is 2.11. The first kappa shape index (κ1) is 12.9. The lowest BCUT2D eigenvalue weighted by Gasteiger charge is -2.32. The average molecular weight is 318 g/mol. The van der Waals surface area contributed by atoms with E-state index in [4.69, 9.17) is 11.6 Å². The minimum atomic E-state index is 0.0791. The number of carbonyl (C=O) groups is 1. The standard InChI is InChI=1S/C12H14BrClN2O/c1-15-4-6-16(7-5-15)12(17)9-2-3-11(14)10(13)8-9/h2-3,8H,4-7H2,1H3. The highest BCUT2D eigenvalue weighted by Gasteiger charge is 2.20. The van der Waals surface area contributed by atoms with E-state index in [2.05, 4.69) is 27.9 Å². The van der Waals surface area contributed by atoms with E-state index < -0.39 is 0 Å². The van der Waals surface area contributed by atoms with E-state index in [0.29, 0.717) is 10.6 Å². The highest BCUT2D eigenvalue weighted by molar-refractivity contribution is 9.10. The van der Waals surface area contributed by atoms with Crippen LogP contribution in [0.25, 0.3) is 0 Å². The Labute approximate surface area is 114 Å². The fraction of sp³-hybridized carbons (Fsp3) is 0.417. The number of benzene rings is 1. The molecule has 0 aromatic heterocycles. The van der Waals surface area contributed by atoms with Gasteiger partial charge in [-0.3, -0.25) is 4.79 Å². The van der Waals surface area contributed by atoms with Crippen molar-refractivity contribution in [3.05, 3.63) is 33.3 Å². The number of halogens is 2. The van der Waals surface area contributed by atoms with Crippen LogP contribution in [0.5, 0.6) is 0 Å². The second-order valence-electron chi connectivity index (χ2n) is 4.22. The van der Waals surface area contributed by atoms with Gasteiger partial charge in [0.1, 0.15) is 0 Å². The molecule has 0 radical (unpaired) electrons. The SMILES string of the molecule is CN1CCN(C(=O)c2ccc(Cl)c(Br)c2)CC1. The molecule has 17 heavy (non-hydrogen) atoms. The maximum absolute atomic E-state index is 12.2. The Morgan fingerprint density at radius 1 is 1.29 bits per heavy atom. The first-order chi connectivity index (χ1) is 8.08. The summed E-state index contributed by atoms with van der Waals surface area (Å²) in [4.78, 5) is 16.3. The quantitative estimate of drug-likeness (QED) is 0.794. The fourth-order valence-electron chi connectivity index (χ4n) is 1.82. The molecule has 0 unspecified atom stereocenters. The first-order valence-electron chi connectivity index (χ1n) is 5.51. The summed E-state index contributed by atoms with van der Waals surface area (Å²) in [5.74, 6) is 0.0791. The highest BCUT2D eigenvalue weighted by atomic mass is 79.9. The van der Waals surface area contributed by atoms with Crippen molar-refractivity contribution in [1.82, 2.24) is 9.80 Å². The van der Waals surface area contributed by atoms with Crippen LogP contribution in [0.15, 0.2) is 22.7 Å².